The van der Waals surface area contributed by atoms with Gasteiger partial charge in [0.15, 0.2) is 12.1 Å². The number of alkyl halides is 2. The van der Waals surface area contributed by atoms with Gasteiger partial charge >= 0.3 is 0 Å². The summed E-state index contributed by atoms with van der Waals surface area (Å²) in [5.41, 5.74) is 6.10. The molecule has 9 nitrogen and oxygen atoms in total. The maximum absolute atomic E-state index is 13.1. The predicted octanol–water partition coefficient (Wildman–Crippen LogP) is 3.25. The minimum Gasteiger partial charge on any atom is -0.404 e. The van der Waals surface area contributed by atoms with Crippen LogP contribution in [0.15, 0.2) is 36.3 Å². The molecule has 196 valence electrons. The van der Waals surface area contributed by atoms with Crippen LogP contribution in [-0.2, 0) is 9.59 Å². The van der Waals surface area contributed by atoms with E-state index in [1.54, 1.807) is 37.3 Å². The molecule has 11 heteroatoms. The predicted molar refractivity (Wildman–Crippen MR) is 136 cm³/mol. The third-order valence-corrected chi connectivity index (χ3v) is 6.55. The molecule has 2 saturated carbocycles. The molecule has 36 heavy (non-hydrogen) atoms. The zero-order chi connectivity index (χ0) is 26.3. The van der Waals surface area contributed by atoms with E-state index in [2.05, 4.69) is 32.8 Å². The van der Waals surface area contributed by atoms with Crippen LogP contribution in [0, 0.1) is 5.92 Å². The van der Waals surface area contributed by atoms with E-state index in [0.29, 0.717) is 18.0 Å². The van der Waals surface area contributed by atoms with Crippen LogP contribution in [0.1, 0.15) is 51.3 Å². The van der Waals surface area contributed by atoms with Gasteiger partial charge in [-0.15, -0.1) is 0 Å². The Kier molecular flexibility index (Phi) is 9.00. The topological polar surface area (TPSA) is 125 Å². The fraction of sp³-hybridized carbons (Fsp3) is 0.520. The number of rotatable bonds is 10. The summed E-state index contributed by atoms with van der Waals surface area (Å²) in [7, 11) is 3.39. The molecular formula is C25H35F2N7O2. The van der Waals surface area contributed by atoms with Gasteiger partial charge in [0.05, 0.1) is 11.3 Å². The first-order chi connectivity index (χ1) is 17.1. The number of allylic oxidation sites excluding steroid dienone is 3. The number of aromatic nitrogens is 2. The minimum absolute atomic E-state index is 0.0713. The van der Waals surface area contributed by atoms with E-state index >= 15 is 0 Å². The Bertz CT molecular complexity index is 1030. The van der Waals surface area contributed by atoms with Crippen LogP contribution in [0.2, 0.25) is 0 Å². The summed E-state index contributed by atoms with van der Waals surface area (Å²) in [5, 5.41) is 8.85. The van der Waals surface area contributed by atoms with Gasteiger partial charge in [0.1, 0.15) is 11.6 Å². The monoisotopic (exact) mass is 503 g/mol. The van der Waals surface area contributed by atoms with Gasteiger partial charge in [0.2, 0.25) is 0 Å². The highest BCUT2D eigenvalue weighted by Crippen LogP contribution is 2.40. The quantitative estimate of drug-likeness (QED) is 0.218. The van der Waals surface area contributed by atoms with Crippen LogP contribution in [0.3, 0.4) is 0 Å². The number of anilines is 2. The van der Waals surface area contributed by atoms with Crippen molar-refractivity contribution in [3.8, 4) is 0 Å². The third kappa shape index (κ3) is 7.25. The highest BCUT2D eigenvalue weighted by Gasteiger charge is 2.46. The van der Waals surface area contributed by atoms with Gasteiger partial charge in [-0.2, -0.15) is 0 Å². The Balaban J connectivity index is 1.71. The van der Waals surface area contributed by atoms with Crippen molar-refractivity contribution in [3.63, 3.8) is 0 Å². The second-order valence-corrected chi connectivity index (χ2v) is 9.52. The Morgan fingerprint density at radius 1 is 1.25 bits per heavy atom. The Morgan fingerprint density at radius 2 is 1.97 bits per heavy atom. The fourth-order valence-corrected chi connectivity index (χ4v) is 4.42. The van der Waals surface area contributed by atoms with Gasteiger partial charge in [0, 0.05) is 51.3 Å². The van der Waals surface area contributed by atoms with E-state index in [0.717, 1.165) is 25.7 Å². The molecule has 3 rings (SSSR count). The summed E-state index contributed by atoms with van der Waals surface area (Å²) in [6.07, 6.45) is 10.2. The lowest BCUT2D eigenvalue weighted by Crippen LogP contribution is -2.47. The number of aldehydes is 1. The molecule has 2 unspecified atom stereocenters. The Morgan fingerprint density at radius 3 is 2.58 bits per heavy atom. The molecular weight excluding hydrogens is 468 g/mol. The lowest BCUT2D eigenvalue weighted by Gasteiger charge is -2.40. The zero-order valence-electron chi connectivity index (χ0n) is 20.9. The van der Waals surface area contributed by atoms with Gasteiger partial charge in [0.25, 0.3) is 11.8 Å². The van der Waals surface area contributed by atoms with Crippen LogP contribution in [0.4, 0.5) is 20.4 Å². The number of halogens is 2. The molecule has 0 radical (unpaired) electrons. The molecule has 0 aliphatic heterocycles. The Hall–Kier alpha value is -3.50. The van der Waals surface area contributed by atoms with Crippen LogP contribution in [-0.4, -0.2) is 59.2 Å². The number of nitrogens with zero attached hydrogens (tertiary/aromatic N) is 3. The van der Waals surface area contributed by atoms with Crippen molar-refractivity contribution < 1.29 is 18.4 Å². The van der Waals surface area contributed by atoms with Crippen molar-refractivity contribution in [2.24, 2.45) is 11.7 Å². The van der Waals surface area contributed by atoms with Crippen molar-refractivity contribution in [3.05, 3.63) is 42.1 Å². The summed E-state index contributed by atoms with van der Waals surface area (Å²) in [6.45, 7) is 2.17. The van der Waals surface area contributed by atoms with E-state index in [1.165, 1.54) is 12.3 Å². The van der Waals surface area contributed by atoms with Crippen molar-refractivity contribution in [2.75, 3.05) is 24.7 Å². The average molecular weight is 504 g/mol. The Labute approximate surface area is 210 Å². The molecule has 0 bridgehead atoms. The molecule has 2 atom stereocenters. The van der Waals surface area contributed by atoms with Crippen molar-refractivity contribution in [1.29, 1.82) is 0 Å². The van der Waals surface area contributed by atoms with Gasteiger partial charge in [-0.25, -0.2) is 18.7 Å². The maximum atomic E-state index is 13.1. The molecule has 0 spiro atoms. The SMILES string of the molecule is CNc1cc(N/C(C=O)=C/C=C\N(C)C2CC(F)(F)C2)nc(/C(=C\N)C(=O)NC2CCCC(C)C2)n1. The lowest BCUT2D eigenvalue weighted by molar-refractivity contribution is -0.116. The van der Waals surface area contributed by atoms with E-state index in [-0.39, 0.29) is 53.7 Å². The summed E-state index contributed by atoms with van der Waals surface area (Å²) < 4.78 is 26.2. The molecule has 5 N–H and O–H groups in total. The number of nitrogens with two attached hydrogens (primary N) is 1. The standard InChI is InChI=1S/C25H35F2N7O2/c1-16-6-4-7-17(10-16)31-24(36)20(14-28)23-32-21(29-2)11-22(33-23)30-18(15-35)8-5-9-34(3)19-12-25(26,27)13-19/h5,8-9,11,14-17,19H,4,6-7,10,12-13,28H2,1-3H3,(H,31,36)(H2,29,30,32,33)/b9-5-,18-8+,20-14+. The second-order valence-electron chi connectivity index (χ2n) is 9.52. The van der Waals surface area contributed by atoms with Gasteiger partial charge in [-0.3, -0.25) is 9.59 Å². The average Bonchev–Trinajstić information content (AvgIpc) is 2.82. The number of hydrogen-bond donors (Lipinski definition) is 4. The number of nitrogens with one attached hydrogen (secondary N) is 3. The number of amides is 1. The summed E-state index contributed by atoms with van der Waals surface area (Å²) in [5.74, 6) is -1.59. The van der Waals surface area contributed by atoms with Gasteiger partial charge in [-0.1, -0.05) is 19.8 Å². The van der Waals surface area contributed by atoms with Gasteiger partial charge in [-0.05, 0) is 37.1 Å². The van der Waals surface area contributed by atoms with Gasteiger partial charge < -0.3 is 26.6 Å². The first-order valence-electron chi connectivity index (χ1n) is 12.1. The van der Waals surface area contributed by atoms with Crippen molar-refractivity contribution in [2.45, 2.75) is 63.5 Å². The molecule has 0 aromatic carbocycles. The molecule has 2 aliphatic carbocycles. The summed E-state index contributed by atoms with van der Waals surface area (Å²) >= 11 is 0. The number of carbonyl (C=O) groups is 2. The molecule has 1 heterocycles. The van der Waals surface area contributed by atoms with Crippen molar-refractivity contribution >= 4 is 29.4 Å². The van der Waals surface area contributed by atoms with E-state index < -0.39 is 5.92 Å². The van der Waals surface area contributed by atoms with Crippen LogP contribution in [0.5, 0.6) is 0 Å². The largest absolute Gasteiger partial charge is 0.404 e. The first kappa shape index (κ1) is 27.1. The van der Waals surface area contributed by atoms with E-state index in [9.17, 15) is 18.4 Å². The highest BCUT2D eigenvalue weighted by atomic mass is 19.3. The lowest BCUT2D eigenvalue weighted by atomic mass is 9.87. The molecule has 2 aliphatic rings. The molecule has 1 aromatic heterocycles. The maximum Gasteiger partial charge on any atom is 0.256 e. The zero-order valence-corrected chi connectivity index (χ0v) is 20.9. The summed E-state index contributed by atoms with van der Waals surface area (Å²) in [4.78, 5) is 35.0. The highest BCUT2D eigenvalue weighted by molar-refractivity contribution is 6.18. The van der Waals surface area contributed by atoms with Crippen LogP contribution in [0.25, 0.3) is 5.57 Å². The normalized spacial score (nSPS) is 22.6. The number of hydrogen-bond acceptors (Lipinski definition) is 8. The van der Waals surface area contributed by atoms with Crippen LogP contribution >= 0.6 is 0 Å². The van der Waals surface area contributed by atoms with E-state index in [4.69, 9.17) is 5.73 Å². The van der Waals surface area contributed by atoms with E-state index in [1.807, 2.05) is 0 Å². The smallest absolute Gasteiger partial charge is 0.256 e. The number of carbonyl (C=O) groups excluding carboxylic acids is 2. The summed E-state index contributed by atoms with van der Waals surface area (Å²) in [6, 6.07) is 1.42. The molecule has 2 fully saturated rings. The van der Waals surface area contributed by atoms with Crippen molar-refractivity contribution in [1.82, 2.24) is 20.2 Å². The fourth-order valence-electron chi connectivity index (χ4n) is 4.42. The molecule has 1 aromatic rings. The van der Waals surface area contributed by atoms with Crippen LogP contribution < -0.4 is 21.7 Å². The first-order valence-corrected chi connectivity index (χ1v) is 12.1. The molecule has 0 saturated heterocycles. The molecule has 1 amide bonds. The second kappa shape index (κ2) is 12.0. The third-order valence-electron chi connectivity index (χ3n) is 6.55. The minimum atomic E-state index is -2.60.